The fourth-order valence-electron chi connectivity index (χ4n) is 0.803. The van der Waals surface area contributed by atoms with Crippen molar-refractivity contribution in [2.75, 3.05) is 7.05 Å². The fourth-order valence-corrected chi connectivity index (χ4v) is 0.803. The number of carboxylic acids is 1. The fraction of sp³-hybridized carbons (Fsp3) is 0.857. The minimum atomic E-state index is -1.02. The van der Waals surface area contributed by atoms with Crippen LogP contribution in [-0.4, -0.2) is 19.1 Å². The number of hydrogen-bond donors (Lipinski definition) is 1. The Morgan fingerprint density at radius 2 is 2.00 bits per heavy atom. The van der Waals surface area contributed by atoms with Crippen molar-refractivity contribution in [1.82, 2.24) is 5.32 Å². The van der Waals surface area contributed by atoms with Gasteiger partial charge in [-0.25, -0.2) is 0 Å². The van der Waals surface area contributed by atoms with Gasteiger partial charge < -0.3 is 15.2 Å². The second-order valence-corrected chi connectivity index (χ2v) is 2.79. The Morgan fingerprint density at radius 1 is 1.55 bits per heavy atom. The van der Waals surface area contributed by atoms with E-state index in [1.165, 1.54) is 0 Å². The van der Waals surface area contributed by atoms with Crippen LogP contribution in [-0.2, 0) is 4.79 Å². The molecule has 0 aromatic carbocycles. The maximum atomic E-state index is 10.3. The van der Waals surface area contributed by atoms with Gasteiger partial charge in [0.05, 0.1) is 5.97 Å². The summed E-state index contributed by atoms with van der Waals surface area (Å²) in [5, 5.41) is 13.0. The van der Waals surface area contributed by atoms with Crippen LogP contribution in [0.3, 0.4) is 0 Å². The van der Waals surface area contributed by atoms with Gasteiger partial charge >= 0.3 is 18.9 Å². The minimum Gasteiger partial charge on any atom is -0.548 e. The molecule has 0 fully saturated rings. The molecule has 0 aromatic heterocycles. The van der Waals surface area contributed by atoms with Crippen molar-refractivity contribution in [3.05, 3.63) is 0 Å². The van der Waals surface area contributed by atoms with Crippen molar-refractivity contribution in [2.45, 2.75) is 26.3 Å². The first-order valence-corrected chi connectivity index (χ1v) is 3.46. The average molecular weight is 151 g/mol. The average Bonchev–Trinajstić information content (AvgIpc) is 1.81. The Bertz CT molecular complexity index is 117. The van der Waals surface area contributed by atoms with Gasteiger partial charge in [-0.2, -0.15) is 0 Å². The first-order chi connectivity index (χ1) is 4.57. The van der Waals surface area contributed by atoms with Crippen molar-refractivity contribution < 1.29 is 28.8 Å². The van der Waals surface area contributed by atoms with Crippen molar-refractivity contribution in [1.29, 1.82) is 0 Å². The van der Waals surface area contributed by atoms with Crippen LogP contribution in [0.1, 0.15) is 20.3 Å². The summed E-state index contributed by atoms with van der Waals surface area (Å²) in [5.41, 5.74) is 0. The maximum Gasteiger partial charge on any atom is 1.00 e. The minimum absolute atomic E-state index is 0. The van der Waals surface area contributed by atoms with Crippen molar-refractivity contribution in [3.63, 3.8) is 0 Å². The molecule has 0 heterocycles. The van der Waals surface area contributed by atoms with E-state index in [2.05, 4.69) is 5.32 Å². The smallest absolute Gasteiger partial charge is 0.548 e. The topological polar surface area (TPSA) is 52.2 Å². The zero-order valence-corrected chi connectivity index (χ0v) is 7.68. The second-order valence-electron chi connectivity index (χ2n) is 2.79. The molecule has 1 atom stereocenters. The monoisotopic (exact) mass is 151 g/mol. The molecule has 0 rings (SSSR count). The van der Waals surface area contributed by atoms with Crippen LogP contribution in [0.2, 0.25) is 0 Å². The molecule has 4 heteroatoms. The molecule has 1 N–H and O–H groups in total. The molecule has 0 bridgehead atoms. The number of carbonyl (C=O) groups excluding carboxylic acids is 1. The molecular formula is C7H14LiNO2. The Kier molecular flexibility index (Phi) is 8.31. The summed E-state index contributed by atoms with van der Waals surface area (Å²) in [4.78, 5) is 10.3. The summed E-state index contributed by atoms with van der Waals surface area (Å²) in [6.45, 7) is 3.96. The van der Waals surface area contributed by atoms with Crippen LogP contribution in [0.25, 0.3) is 0 Å². The molecule has 0 amide bonds. The van der Waals surface area contributed by atoms with Gasteiger partial charge in [0.25, 0.3) is 0 Å². The summed E-state index contributed by atoms with van der Waals surface area (Å²) in [6.07, 6.45) is 0.624. The second kappa shape index (κ2) is 6.72. The molecule has 0 aromatic rings. The molecular weight excluding hydrogens is 137 g/mol. The van der Waals surface area contributed by atoms with E-state index >= 15 is 0 Å². The van der Waals surface area contributed by atoms with Crippen LogP contribution in [0.15, 0.2) is 0 Å². The molecule has 3 nitrogen and oxygen atoms in total. The van der Waals surface area contributed by atoms with E-state index in [1.54, 1.807) is 7.05 Å². The van der Waals surface area contributed by atoms with E-state index in [-0.39, 0.29) is 18.9 Å². The van der Waals surface area contributed by atoms with Gasteiger partial charge in [0.2, 0.25) is 0 Å². The van der Waals surface area contributed by atoms with E-state index in [0.29, 0.717) is 12.3 Å². The predicted octanol–water partition coefficient (Wildman–Crippen LogP) is -3.63. The third kappa shape index (κ3) is 6.43. The zero-order valence-electron chi connectivity index (χ0n) is 7.68. The SMILES string of the molecule is CN[C@@H](CC(C)C)C(=O)[O-].[Li+]. The number of carboxylic acid groups (broad SMARTS) is 1. The molecule has 0 spiro atoms. The van der Waals surface area contributed by atoms with Gasteiger partial charge in [-0.15, -0.1) is 0 Å². The van der Waals surface area contributed by atoms with Gasteiger partial charge in [-0.1, -0.05) is 13.8 Å². The molecule has 60 valence electrons. The van der Waals surface area contributed by atoms with Crippen LogP contribution >= 0.6 is 0 Å². The molecule has 11 heavy (non-hydrogen) atoms. The van der Waals surface area contributed by atoms with Crippen molar-refractivity contribution in [2.24, 2.45) is 5.92 Å². The molecule has 0 aliphatic rings. The van der Waals surface area contributed by atoms with Crippen molar-refractivity contribution in [3.8, 4) is 0 Å². The first-order valence-electron chi connectivity index (χ1n) is 3.46. The van der Waals surface area contributed by atoms with Crippen molar-refractivity contribution >= 4 is 5.97 Å². The summed E-state index contributed by atoms with van der Waals surface area (Å²) in [6, 6.07) is -0.500. The van der Waals surface area contributed by atoms with Crippen LogP contribution in [0.4, 0.5) is 0 Å². The molecule has 0 aliphatic heterocycles. The molecule has 0 saturated heterocycles. The summed E-state index contributed by atoms with van der Waals surface area (Å²) >= 11 is 0. The molecule has 0 unspecified atom stereocenters. The first kappa shape index (κ1) is 13.6. The van der Waals surface area contributed by atoms with E-state index in [4.69, 9.17) is 0 Å². The van der Waals surface area contributed by atoms with Gasteiger partial charge in [0.15, 0.2) is 0 Å². The van der Waals surface area contributed by atoms with Crippen LogP contribution in [0.5, 0.6) is 0 Å². The van der Waals surface area contributed by atoms with Gasteiger partial charge in [-0.05, 0) is 19.4 Å². The molecule has 0 radical (unpaired) electrons. The number of rotatable bonds is 4. The predicted molar refractivity (Wildman–Crippen MR) is 37.3 cm³/mol. The molecule has 0 aliphatic carbocycles. The van der Waals surface area contributed by atoms with Crippen LogP contribution in [0, 0.1) is 5.92 Å². The third-order valence-electron chi connectivity index (χ3n) is 1.34. The molecule has 0 saturated carbocycles. The number of nitrogens with one attached hydrogen (secondary N) is 1. The summed E-state index contributed by atoms with van der Waals surface area (Å²) in [5.74, 6) is -0.633. The number of hydrogen-bond acceptors (Lipinski definition) is 3. The normalized spacial score (nSPS) is 12.4. The summed E-state index contributed by atoms with van der Waals surface area (Å²) < 4.78 is 0. The van der Waals surface area contributed by atoms with E-state index < -0.39 is 12.0 Å². The number of likely N-dealkylation sites (N-methyl/N-ethyl adjacent to an activating group) is 1. The van der Waals surface area contributed by atoms with E-state index in [9.17, 15) is 9.90 Å². The van der Waals surface area contributed by atoms with Gasteiger partial charge in [0.1, 0.15) is 0 Å². The number of aliphatic carboxylic acids is 1. The Hall–Kier alpha value is 0.0274. The Balaban J connectivity index is 0. The van der Waals surface area contributed by atoms with E-state index in [0.717, 1.165) is 0 Å². The van der Waals surface area contributed by atoms with E-state index in [1.807, 2.05) is 13.8 Å². The van der Waals surface area contributed by atoms with Crippen LogP contribution < -0.4 is 29.3 Å². The maximum absolute atomic E-state index is 10.3. The van der Waals surface area contributed by atoms with Gasteiger partial charge in [0, 0.05) is 6.04 Å². The summed E-state index contributed by atoms with van der Waals surface area (Å²) in [7, 11) is 1.63. The Labute approximate surface area is 79.7 Å². The zero-order chi connectivity index (χ0) is 8.15. The third-order valence-corrected chi connectivity index (χ3v) is 1.34. The quantitative estimate of drug-likeness (QED) is 0.422. The van der Waals surface area contributed by atoms with Gasteiger partial charge in [-0.3, -0.25) is 0 Å². The Morgan fingerprint density at radius 3 is 2.09 bits per heavy atom. The standard InChI is InChI=1S/C7H15NO2.Li/c1-5(2)4-6(8-3)7(9)10;/h5-6,8H,4H2,1-3H3,(H,9,10);/q;+1/p-1/t6-;/m0./s1. The number of carbonyl (C=O) groups is 1. The largest absolute Gasteiger partial charge is 1.00 e.